The van der Waals surface area contributed by atoms with Crippen LogP contribution in [0.4, 0.5) is 13.8 Å². The topological polar surface area (TPSA) is 95.3 Å². The lowest BCUT2D eigenvalue weighted by atomic mass is 10.2. The molecule has 0 spiro atoms. The first-order chi connectivity index (χ1) is 16.9. The number of hydrogen-bond donors (Lipinski definition) is 1. The first-order valence-electron chi connectivity index (χ1n) is 10.7. The average Bonchev–Trinajstić information content (AvgIpc) is 3.42. The molecule has 1 N–H and O–H groups in total. The molecule has 0 bridgehead atoms. The highest BCUT2D eigenvalue weighted by atomic mass is 32.2. The summed E-state index contributed by atoms with van der Waals surface area (Å²) in [5.41, 5.74) is 0.977. The van der Waals surface area contributed by atoms with Crippen molar-refractivity contribution in [3.63, 3.8) is 0 Å². The molecule has 0 atom stereocenters. The van der Waals surface area contributed by atoms with Crippen LogP contribution >= 0.6 is 23.1 Å². The third-order valence-electron chi connectivity index (χ3n) is 4.58. The van der Waals surface area contributed by atoms with E-state index < -0.39 is 12.6 Å². The Morgan fingerprint density at radius 2 is 2.00 bits per heavy atom. The molecule has 2 heterocycles. The molecule has 3 rings (SSSR count). The van der Waals surface area contributed by atoms with Crippen LogP contribution in [0.25, 0.3) is 11.4 Å². The van der Waals surface area contributed by atoms with E-state index in [1.807, 2.05) is 6.92 Å². The minimum absolute atomic E-state index is 0.0259. The molecular formula is C23H24F2N4O4S2. The van der Waals surface area contributed by atoms with Gasteiger partial charge in [0.15, 0.2) is 11.0 Å². The Kier molecular flexibility index (Phi) is 9.38. The molecule has 186 valence electrons. The Balaban J connectivity index is 1.72. The Morgan fingerprint density at radius 3 is 2.63 bits per heavy atom. The van der Waals surface area contributed by atoms with Crippen molar-refractivity contribution in [1.82, 2.24) is 14.8 Å². The van der Waals surface area contributed by atoms with Crippen LogP contribution in [0.1, 0.15) is 29.1 Å². The van der Waals surface area contributed by atoms with Gasteiger partial charge >= 0.3 is 12.6 Å². The van der Waals surface area contributed by atoms with Crippen molar-refractivity contribution in [1.29, 1.82) is 0 Å². The number of nitrogens with one attached hydrogen (secondary N) is 1. The Hall–Kier alpha value is -3.25. The second kappa shape index (κ2) is 12.5. The van der Waals surface area contributed by atoms with Gasteiger partial charge in [0.1, 0.15) is 10.8 Å². The van der Waals surface area contributed by atoms with Crippen molar-refractivity contribution in [3.8, 4) is 17.1 Å². The number of carbonyl (C=O) groups is 2. The lowest BCUT2D eigenvalue weighted by Gasteiger charge is -2.09. The number of nitrogens with zero attached hydrogens (tertiary/aromatic N) is 3. The number of allylic oxidation sites excluding steroid dienone is 1. The van der Waals surface area contributed by atoms with E-state index >= 15 is 0 Å². The summed E-state index contributed by atoms with van der Waals surface area (Å²) >= 11 is 2.51. The predicted octanol–water partition coefficient (Wildman–Crippen LogP) is 5.26. The molecule has 0 saturated carbocycles. The van der Waals surface area contributed by atoms with Crippen LogP contribution in [0.2, 0.25) is 0 Å². The van der Waals surface area contributed by atoms with Crippen LogP contribution in [-0.2, 0) is 22.5 Å². The molecule has 0 fully saturated rings. The first kappa shape index (κ1) is 26.4. The predicted molar refractivity (Wildman–Crippen MR) is 131 cm³/mol. The van der Waals surface area contributed by atoms with Crippen molar-refractivity contribution < 1.29 is 27.8 Å². The van der Waals surface area contributed by atoms with Crippen LogP contribution < -0.4 is 10.1 Å². The lowest BCUT2D eigenvalue weighted by molar-refractivity contribution is -0.113. The van der Waals surface area contributed by atoms with Gasteiger partial charge in [-0.1, -0.05) is 24.8 Å². The third kappa shape index (κ3) is 6.89. The summed E-state index contributed by atoms with van der Waals surface area (Å²) in [6.45, 7) is 5.14. The molecule has 3 aromatic rings. The normalized spacial score (nSPS) is 10.9. The molecule has 0 aliphatic rings. The van der Waals surface area contributed by atoms with Crippen LogP contribution in [0.5, 0.6) is 5.75 Å². The monoisotopic (exact) mass is 522 g/mol. The fraction of sp³-hybridized carbons (Fsp3) is 0.304. The fourth-order valence-corrected chi connectivity index (χ4v) is 4.80. The van der Waals surface area contributed by atoms with Crippen molar-refractivity contribution in [3.05, 3.63) is 53.4 Å². The summed E-state index contributed by atoms with van der Waals surface area (Å²) < 4.78 is 36.0. The molecule has 0 saturated heterocycles. The maximum Gasteiger partial charge on any atom is 0.387 e. The number of thiophene rings is 1. The van der Waals surface area contributed by atoms with Crippen LogP contribution in [0, 0.1) is 0 Å². The van der Waals surface area contributed by atoms with Crippen molar-refractivity contribution in [2.45, 2.75) is 38.6 Å². The molecule has 0 aliphatic heterocycles. The number of ether oxygens (including phenoxy) is 2. The lowest BCUT2D eigenvalue weighted by Crippen LogP contribution is -2.16. The van der Waals surface area contributed by atoms with Gasteiger partial charge in [0.2, 0.25) is 5.91 Å². The van der Waals surface area contributed by atoms with E-state index in [0.29, 0.717) is 33.7 Å². The third-order valence-corrected chi connectivity index (χ3v) is 6.74. The number of amides is 1. The molecule has 35 heavy (non-hydrogen) atoms. The summed E-state index contributed by atoms with van der Waals surface area (Å²) in [6, 6.07) is 7.77. The quantitative estimate of drug-likeness (QED) is 0.197. The summed E-state index contributed by atoms with van der Waals surface area (Å²) in [4.78, 5) is 25.8. The molecule has 0 radical (unpaired) electrons. The highest BCUT2D eigenvalue weighted by Crippen LogP contribution is 2.30. The minimum Gasteiger partial charge on any atom is -0.462 e. The zero-order valence-corrected chi connectivity index (χ0v) is 20.8. The average molecular weight is 523 g/mol. The van der Waals surface area contributed by atoms with Gasteiger partial charge in [-0.2, -0.15) is 8.78 Å². The number of esters is 1. The number of carbonyl (C=O) groups excluding carboxylic acids is 2. The maximum absolute atomic E-state index is 12.7. The molecule has 12 heteroatoms. The molecule has 0 aliphatic carbocycles. The number of benzene rings is 1. The summed E-state index contributed by atoms with van der Waals surface area (Å²) in [5.74, 6) is -0.239. The summed E-state index contributed by atoms with van der Waals surface area (Å²) in [5, 5.41) is 12.1. The van der Waals surface area contributed by atoms with Gasteiger partial charge in [-0.15, -0.1) is 28.1 Å². The van der Waals surface area contributed by atoms with E-state index in [9.17, 15) is 18.4 Å². The van der Waals surface area contributed by atoms with Crippen LogP contribution in [0.3, 0.4) is 0 Å². The SMILES string of the molecule is C=CCn1c(SCC(=O)Nc2sc(CC)cc2C(=O)OCC)nnc1-c1ccc(OC(F)F)cc1. The first-order valence-corrected chi connectivity index (χ1v) is 12.5. The highest BCUT2D eigenvalue weighted by molar-refractivity contribution is 7.99. The Bertz CT molecular complexity index is 1180. The van der Waals surface area contributed by atoms with E-state index in [0.717, 1.165) is 11.3 Å². The number of aryl methyl sites for hydroxylation is 1. The molecule has 8 nitrogen and oxygen atoms in total. The van der Waals surface area contributed by atoms with E-state index in [1.165, 1.54) is 35.2 Å². The Morgan fingerprint density at radius 1 is 1.26 bits per heavy atom. The van der Waals surface area contributed by atoms with Gasteiger partial charge in [0, 0.05) is 17.0 Å². The van der Waals surface area contributed by atoms with E-state index in [-0.39, 0.29) is 24.0 Å². The summed E-state index contributed by atoms with van der Waals surface area (Å²) in [7, 11) is 0. The second-order valence-corrected chi connectivity index (χ2v) is 9.05. The standard InChI is InChI=1S/C23H24F2N4O4S2/c1-4-11-29-19(14-7-9-15(10-8-14)33-22(24)25)27-28-23(29)34-13-18(30)26-20-17(21(31)32-6-3)12-16(5-2)35-20/h4,7-10,12,22H,1,5-6,11,13H2,2-3H3,(H,26,30). The number of rotatable bonds is 12. The van der Waals surface area contributed by atoms with Gasteiger partial charge in [0.25, 0.3) is 0 Å². The number of thioether (sulfide) groups is 1. The van der Waals surface area contributed by atoms with Gasteiger partial charge in [0.05, 0.1) is 17.9 Å². The minimum atomic E-state index is -2.91. The van der Waals surface area contributed by atoms with Gasteiger partial charge < -0.3 is 14.8 Å². The van der Waals surface area contributed by atoms with Gasteiger partial charge in [-0.3, -0.25) is 9.36 Å². The Labute approximate surface area is 209 Å². The maximum atomic E-state index is 12.7. The molecule has 2 aromatic heterocycles. The van der Waals surface area contributed by atoms with Crippen LogP contribution in [-0.4, -0.2) is 45.6 Å². The zero-order chi connectivity index (χ0) is 25.4. The summed E-state index contributed by atoms with van der Waals surface area (Å²) in [6.07, 6.45) is 2.39. The van der Waals surface area contributed by atoms with E-state index in [2.05, 4.69) is 26.8 Å². The van der Waals surface area contributed by atoms with Crippen molar-refractivity contribution in [2.75, 3.05) is 17.7 Å². The highest BCUT2D eigenvalue weighted by Gasteiger charge is 2.20. The van der Waals surface area contributed by atoms with E-state index in [4.69, 9.17) is 4.74 Å². The smallest absolute Gasteiger partial charge is 0.387 e. The number of aromatic nitrogens is 3. The van der Waals surface area contributed by atoms with E-state index in [1.54, 1.807) is 35.8 Å². The molecule has 0 unspecified atom stereocenters. The number of hydrogen-bond acceptors (Lipinski definition) is 8. The largest absolute Gasteiger partial charge is 0.462 e. The van der Waals surface area contributed by atoms with Crippen molar-refractivity contribution in [2.24, 2.45) is 0 Å². The van der Waals surface area contributed by atoms with Gasteiger partial charge in [-0.25, -0.2) is 4.79 Å². The second-order valence-electron chi connectivity index (χ2n) is 6.97. The van der Waals surface area contributed by atoms with Gasteiger partial charge in [-0.05, 0) is 43.7 Å². The molecule has 1 amide bonds. The molecular weight excluding hydrogens is 498 g/mol. The zero-order valence-electron chi connectivity index (χ0n) is 19.1. The van der Waals surface area contributed by atoms with Crippen molar-refractivity contribution >= 4 is 40.0 Å². The van der Waals surface area contributed by atoms with Crippen LogP contribution in [0.15, 0.2) is 48.1 Å². The molecule has 1 aromatic carbocycles. The number of anilines is 1. The number of alkyl halides is 2. The fourth-order valence-electron chi connectivity index (χ4n) is 3.05. The number of halogens is 2.